The second kappa shape index (κ2) is 14.4. The number of carbonyl (C=O) groups excluding carboxylic acids is 4. The average molecular weight is 649 g/mol. The van der Waals surface area contributed by atoms with E-state index in [0.29, 0.717) is 13.1 Å². The van der Waals surface area contributed by atoms with Gasteiger partial charge in [0, 0.05) is 43.4 Å². The van der Waals surface area contributed by atoms with Crippen LogP contribution in [0.2, 0.25) is 0 Å². The van der Waals surface area contributed by atoms with Crippen LogP contribution >= 0.6 is 0 Å². The summed E-state index contributed by atoms with van der Waals surface area (Å²) in [6.07, 6.45) is 6.66. The van der Waals surface area contributed by atoms with E-state index in [-0.39, 0.29) is 24.1 Å². The molecule has 252 valence electrons. The molecule has 3 aromatic rings. The summed E-state index contributed by atoms with van der Waals surface area (Å²) in [5, 5.41) is 2.60. The van der Waals surface area contributed by atoms with Gasteiger partial charge in [-0.25, -0.2) is 9.59 Å². The summed E-state index contributed by atoms with van der Waals surface area (Å²) in [5.74, 6) is -1.59. The lowest BCUT2D eigenvalue weighted by Gasteiger charge is -2.30. The van der Waals surface area contributed by atoms with Crippen LogP contribution in [0.4, 0.5) is 4.79 Å². The maximum atomic E-state index is 13.2. The van der Waals surface area contributed by atoms with Gasteiger partial charge in [-0.2, -0.15) is 4.57 Å². The Balaban J connectivity index is 0.00000245. The number of carbonyl (C=O) groups is 4. The zero-order chi connectivity index (χ0) is 34.5. The van der Waals surface area contributed by atoms with Crippen molar-refractivity contribution in [2.45, 2.75) is 104 Å². The lowest BCUT2D eigenvalue weighted by atomic mass is 9.96. The van der Waals surface area contributed by atoms with Crippen LogP contribution in [0.15, 0.2) is 49.1 Å². The molecule has 0 radical (unpaired) electrons. The largest absolute Gasteiger partial charge is 0.460 e. The van der Waals surface area contributed by atoms with Crippen molar-refractivity contribution in [3.63, 3.8) is 0 Å². The molecular formula is C35H46N5O7+. The molecule has 12 nitrogen and oxygen atoms in total. The number of ether oxygens (including phenoxy) is 3. The first-order valence-electron chi connectivity index (χ1n) is 16.1. The number of nitrogens with one attached hydrogen (secondary N) is 1. The fourth-order valence-corrected chi connectivity index (χ4v) is 5.76. The Labute approximate surface area is 275 Å². The minimum Gasteiger partial charge on any atom is -0.460 e. The number of benzene rings is 1. The number of hydrogen-bond acceptors (Lipinski definition) is 9. The van der Waals surface area contributed by atoms with Gasteiger partial charge in [0.25, 0.3) is 12.6 Å². The van der Waals surface area contributed by atoms with Crippen LogP contribution in [-0.4, -0.2) is 69.1 Å². The first-order chi connectivity index (χ1) is 22.1. The summed E-state index contributed by atoms with van der Waals surface area (Å²) in [6, 6.07) is 6.10. The van der Waals surface area contributed by atoms with Gasteiger partial charge in [0.2, 0.25) is 0 Å². The highest BCUT2D eigenvalue weighted by Gasteiger charge is 2.40. The highest BCUT2D eigenvalue weighted by atomic mass is 16.6. The highest BCUT2D eigenvalue weighted by molar-refractivity contribution is 5.97. The van der Waals surface area contributed by atoms with Crippen molar-refractivity contribution in [1.29, 1.82) is 0 Å². The molecule has 2 amide bonds. The first kappa shape index (κ1) is 35.2. The summed E-state index contributed by atoms with van der Waals surface area (Å²) in [4.78, 5) is 62.3. The molecule has 0 spiro atoms. The SMILES string of the molecule is CC.CC(C)(C)OC(=O)CC(NC(=O)c1ccc[n+](COC(=O)N2CC3CC(C2)c2cc4nccnc4cc23)c1)C(=O)OC(C)(C)C. The van der Waals surface area contributed by atoms with Crippen LogP contribution in [-0.2, 0) is 30.5 Å². The predicted octanol–water partition coefficient (Wildman–Crippen LogP) is 4.80. The molecule has 1 aromatic carbocycles. The Kier molecular flexibility index (Phi) is 10.8. The topological polar surface area (TPSA) is 141 Å². The Morgan fingerprint density at radius 3 is 2.06 bits per heavy atom. The molecule has 1 saturated heterocycles. The summed E-state index contributed by atoms with van der Waals surface area (Å²) in [7, 11) is 0. The van der Waals surface area contributed by atoms with Crippen molar-refractivity contribution < 1.29 is 38.0 Å². The maximum Gasteiger partial charge on any atom is 0.414 e. The maximum absolute atomic E-state index is 13.2. The number of piperidine rings is 1. The monoisotopic (exact) mass is 648 g/mol. The molecule has 2 bridgehead atoms. The van der Waals surface area contributed by atoms with Crippen LogP contribution in [0.25, 0.3) is 11.0 Å². The van der Waals surface area contributed by atoms with Crippen molar-refractivity contribution in [1.82, 2.24) is 20.2 Å². The smallest absolute Gasteiger partial charge is 0.414 e. The molecule has 1 aliphatic heterocycles. The van der Waals surface area contributed by atoms with E-state index in [1.54, 1.807) is 81.7 Å². The molecule has 1 N–H and O–H groups in total. The van der Waals surface area contributed by atoms with Gasteiger partial charge in [-0.1, -0.05) is 13.8 Å². The minimum absolute atomic E-state index is 0.121. The van der Waals surface area contributed by atoms with Gasteiger partial charge in [0.05, 0.1) is 17.5 Å². The highest BCUT2D eigenvalue weighted by Crippen LogP contribution is 2.47. The summed E-state index contributed by atoms with van der Waals surface area (Å²) in [5.41, 5.74) is 2.74. The van der Waals surface area contributed by atoms with Crippen molar-refractivity contribution in [2.75, 3.05) is 13.1 Å². The van der Waals surface area contributed by atoms with E-state index < -0.39 is 47.6 Å². The van der Waals surface area contributed by atoms with E-state index >= 15 is 0 Å². The van der Waals surface area contributed by atoms with Gasteiger partial charge in [-0.05, 0) is 77.3 Å². The Morgan fingerprint density at radius 2 is 1.51 bits per heavy atom. The normalized spacial score (nSPS) is 17.5. The number of aromatic nitrogens is 3. The molecule has 1 fully saturated rings. The Bertz CT molecular complexity index is 1580. The van der Waals surface area contributed by atoms with E-state index in [1.807, 2.05) is 13.8 Å². The van der Waals surface area contributed by atoms with Crippen LogP contribution < -0.4 is 9.88 Å². The van der Waals surface area contributed by atoms with E-state index in [0.717, 1.165) is 17.5 Å². The summed E-state index contributed by atoms with van der Waals surface area (Å²) < 4.78 is 18.0. The van der Waals surface area contributed by atoms with Gasteiger partial charge < -0.3 is 24.4 Å². The molecule has 47 heavy (non-hydrogen) atoms. The minimum atomic E-state index is -1.26. The van der Waals surface area contributed by atoms with E-state index in [1.165, 1.54) is 17.3 Å². The van der Waals surface area contributed by atoms with Crippen molar-refractivity contribution >= 4 is 35.0 Å². The van der Waals surface area contributed by atoms with Gasteiger partial charge in [-0.15, -0.1) is 0 Å². The lowest BCUT2D eigenvalue weighted by molar-refractivity contribution is -0.727. The molecule has 1 aliphatic carbocycles. The third-order valence-electron chi connectivity index (χ3n) is 7.51. The lowest BCUT2D eigenvalue weighted by Crippen LogP contribution is -2.47. The number of rotatable bonds is 7. The summed E-state index contributed by atoms with van der Waals surface area (Å²) >= 11 is 0. The first-order valence-corrected chi connectivity index (χ1v) is 16.1. The number of esters is 2. The molecule has 5 rings (SSSR count). The van der Waals surface area contributed by atoms with Gasteiger partial charge in [-0.3, -0.25) is 19.6 Å². The van der Waals surface area contributed by atoms with Crippen molar-refractivity contribution in [2.24, 2.45) is 0 Å². The van der Waals surface area contributed by atoms with Crippen LogP contribution in [0.5, 0.6) is 0 Å². The number of likely N-dealkylation sites (tertiary alicyclic amines) is 1. The molecule has 3 unspecified atom stereocenters. The fraction of sp³-hybridized carbons (Fsp3) is 0.514. The standard InChI is InChI=1S/C33H39N5O7.C2H6/c1-32(2,3)44-28(39)15-27(30(41)45-33(4,5)6)36-29(40)20-8-7-11-37(16-20)19-43-31(42)38-17-21-12-22(18-38)24-14-26-25(13-23(21)24)34-9-10-35-26;1-2/h7-11,13-14,16,21-22,27H,12,15,17-19H2,1-6H3;1-2H3/p+1. The van der Waals surface area contributed by atoms with Gasteiger partial charge >= 0.3 is 18.0 Å². The van der Waals surface area contributed by atoms with E-state index in [2.05, 4.69) is 27.4 Å². The Hall–Kier alpha value is -4.61. The second-order valence-electron chi connectivity index (χ2n) is 13.6. The van der Waals surface area contributed by atoms with Crippen LogP contribution in [0.3, 0.4) is 0 Å². The third-order valence-corrected chi connectivity index (χ3v) is 7.51. The molecule has 12 heteroatoms. The van der Waals surface area contributed by atoms with Crippen molar-refractivity contribution in [3.05, 3.63) is 65.7 Å². The molecule has 2 aromatic heterocycles. The number of fused-ring (bicyclic) bond motifs is 6. The zero-order valence-electron chi connectivity index (χ0n) is 28.5. The number of nitrogens with zero attached hydrogens (tertiary/aromatic N) is 4. The average Bonchev–Trinajstić information content (AvgIpc) is 3.25. The molecule has 2 aliphatic rings. The van der Waals surface area contributed by atoms with Crippen LogP contribution in [0.1, 0.15) is 102 Å². The number of pyridine rings is 1. The second-order valence-corrected chi connectivity index (χ2v) is 13.6. The van der Waals surface area contributed by atoms with E-state index in [9.17, 15) is 19.2 Å². The molecule has 3 heterocycles. The number of hydrogen-bond donors (Lipinski definition) is 1. The predicted molar refractivity (Wildman–Crippen MR) is 173 cm³/mol. The number of amides is 2. The van der Waals surface area contributed by atoms with Crippen molar-refractivity contribution in [3.8, 4) is 0 Å². The Morgan fingerprint density at radius 1 is 0.936 bits per heavy atom. The van der Waals surface area contributed by atoms with Gasteiger partial charge in [0.15, 0.2) is 12.4 Å². The van der Waals surface area contributed by atoms with E-state index in [4.69, 9.17) is 14.2 Å². The van der Waals surface area contributed by atoms with Crippen LogP contribution in [0, 0.1) is 0 Å². The van der Waals surface area contributed by atoms with Gasteiger partial charge in [0.1, 0.15) is 22.8 Å². The zero-order valence-corrected chi connectivity index (χ0v) is 28.5. The molecule has 0 saturated carbocycles. The quantitative estimate of drug-likeness (QED) is 0.217. The molecular weight excluding hydrogens is 602 g/mol. The third kappa shape index (κ3) is 9.24. The summed E-state index contributed by atoms with van der Waals surface area (Å²) in [6.45, 7) is 15.2. The fourth-order valence-electron chi connectivity index (χ4n) is 5.76. The molecule has 3 atom stereocenters.